The first-order valence-corrected chi connectivity index (χ1v) is 6.81. The summed E-state index contributed by atoms with van der Waals surface area (Å²) in [7, 11) is 0. The molecule has 20 heavy (non-hydrogen) atoms. The number of hydrogen-bond acceptors (Lipinski definition) is 2. The standard InChI is InChI=1S/C16H16ClNO2/c17-14-6-3-4-12(10-14)11-18-9-8-13-5-1-2-7-15(13)16(19)20/h1-7,10,18H,8-9,11H2,(H,19,20). The van der Waals surface area contributed by atoms with Crippen LogP contribution in [0.25, 0.3) is 0 Å². The molecule has 0 aliphatic rings. The fraction of sp³-hybridized carbons (Fsp3) is 0.188. The van der Waals surface area contributed by atoms with Crippen LogP contribution in [0.15, 0.2) is 48.5 Å². The van der Waals surface area contributed by atoms with E-state index >= 15 is 0 Å². The van der Waals surface area contributed by atoms with Crippen molar-refractivity contribution < 1.29 is 9.90 Å². The van der Waals surface area contributed by atoms with Gasteiger partial charge in [0.25, 0.3) is 0 Å². The van der Waals surface area contributed by atoms with Crippen LogP contribution < -0.4 is 5.32 Å². The van der Waals surface area contributed by atoms with Crippen molar-refractivity contribution >= 4 is 17.6 Å². The maximum Gasteiger partial charge on any atom is 0.335 e. The third kappa shape index (κ3) is 4.08. The highest BCUT2D eigenvalue weighted by Gasteiger charge is 2.07. The Morgan fingerprint density at radius 3 is 2.70 bits per heavy atom. The lowest BCUT2D eigenvalue weighted by Gasteiger charge is -2.08. The van der Waals surface area contributed by atoms with Gasteiger partial charge in [-0.15, -0.1) is 0 Å². The number of rotatable bonds is 6. The van der Waals surface area contributed by atoms with E-state index in [1.165, 1.54) is 0 Å². The van der Waals surface area contributed by atoms with Gasteiger partial charge in [-0.1, -0.05) is 41.9 Å². The lowest BCUT2D eigenvalue weighted by molar-refractivity contribution is 0.0695. The zero-order valence-electron chi connectivity index (χ0n) is 11.0. The van der Waals surface area contributed by atoms with Crippen LogP contribution in [0, 0.1) is 0 Å². The van der Waals surface area contributed by atoms with E-state index in [4.69, 9.17) is 16.7 Å². The normalized spacial score (nSPS) is 10.4. The van der Waals surface area contributed by atoms with Crippen molar-refractivity contribution in [3.8, 4) is 0 Å². The quantitative estimate of drug-likeness (QED) is 0.802. The van der Waals surface area contributed by atoms with Crippen LogP contribution >= 0.6 is 11.6 Å². The van der Waals surface area contributed by atoms with E-state index in [0.717, 1.165) is 29.2 Å². The lowest BCUT2D eigenvalue weighted by atomic mass is 10.0. The predicted octanol–water partition coefficient (Wildman–Crippen LogP) is 3.37. The highest BCUT2D eigenvalue weighted by Crippen LogP contribution is 2.11. The molecule has 4 heteroatoms. The van der Waals surface area contributed by atoms with Crippen molar-refractivity contribution in [2.45, 2.75) is 13.0 Å². The fourth-order valence-electron chi connectivity index (χ4n) is 2.05. The number of carboxylic acid groups (broad SMARTS) is 1. The molecule has 2 rings (SSSR count). The average molecular weight is 290 g/mol. The van der Waals surface area contributed by atoms with E-state index in [1.54, 1.807) is 12.1 Å². The molecule has 104 valence electrons. The molecule has 0 heterocycles. The Hall–Kier alpha value is -1.84. The highest BCUT2D eigenvalue weighted by molar-refractivity contribution is 6.30. The number of carbonyl (C=O) groups is 1. The van der Waals surface area contributed by atoms with E-state index in [0.29, 0.717) is 12.0 Å². The summed E-state index contributed by atoms with van der Waals surface area (Å²) in [4.78, 5) is 11.1. The van der Waals surface area contributed by atoms with Crippen molar-refractivity contribution in [2.75, 3.05) is 6.54 Å². The molecule has 0 aliphatic heterocycles. The van der Waals surface area contributed by atoms with E-state index in [1.807, 2.05) is 36.4 Å². The Morgan fingerprint density at radius 1 is 1.15 bits per heavy atom. The van der Waals surface area contributed by atoms with Crippen LogP contribution in [0.1, 0.15) is 21.5 Å². The van der Waals surface area contributed by atoms with Crippen molar-refractivity contribution in [2.24, 2.45) is 0 Å². The summed E-state index contributed by atoms with van der Waals surface area (Å²) in [5, 5.41) is 13.1. The first-order valence-electron chi connectivity index (χ1n) is 6.43. The third-order valence-electron chi connectivity index (χ3n) is 3.04. The topological polar surface area (TPSA) is 49.3 Å². The Morgan fingerprint density at radius 2 is 1.95 bits per heavy atom. The van der Waals surface area contributed by atoms with Gasteiger partial charge < -0.3 is 10.4 Å². The zero-order chi connectivity index (χ0) is 14.4. The van der Waals surface area contributed by atoms with Gasteiger partial charge in [-0.05, 0) is 42.3 Å². The SMILES string of the molecule is O=C(O)c1ccccc1CCNCc1cccc(Cl)c1. The van der Waals surface area contributed by atoms with Gasteiger partial charge in [0.1, 0.15) is 0 Å². The lowest BCUT2D eigenvalue weighted by Crippen LogP contribution is -2.17. The van der Waals surface area contributed by atoms with E-state index < -0.39 is 5.97 Å². The van der Waals surface area contributed by atoms with Gasteiger partial charge in [-0.2, -0.15) is 0 Å². The number of aromatic carboxylic acids is 1. The molecule has 0 saturated carbocycles. The van der Waals surface area contributed by atoms with Gasteiger partial charge in [-0.3, -0.25) is 0 Å². The van der Waals surface area contributed by atoms with E-state index in [9.17, 15) is 4.79 Å². The van der Waals surface area contributed by atoms with Crippen molar-refractivity contribution in [3.63, 3.8) is 0 Å². The summed E-state index contributed by atoms with van der Waals surface area (Å²) >= 11 is 5.92. The number of carboxylic acids is 1. The summed E-state index contributed by atoms with van der Waals surface area (Å²) in [6.07, 6.45) is 0.684. The van der Waals surface area contributed by atoms with Crippen molar-refractivity contribution in [1.29, 1.82) is 0 Å². The zero-order valence-corrected chi connectivity index (χ0v) is 11.7. The van der Waals surface area contributed by atoms with Gasteiger partial charge >= 0.3 is 5.97 Å². The summed E-state index contributed by atoms with van der Waals surface area (Å²) < 4.78 is 0. The van der Waals surface area contributed by atoms with Gasteiger partial charge in [0.05, 0.1) is 5.56 Å². The van der Waals surface area contributed by atoms with Gasteiger partial charge in [-0.25, -0.2) is 4.79 Å². The number of hydrogen-bond donors (Lipinski definition) is 2. The molecule has 2 aromatic rings. The molecule has 0 amide bonds. The minimum absolute atomic E-state index is 0.372. The molecule has 0 radical (unpaired) electrons. The fourth-order valence-corrected chi connectivity index (χ4v) is 2.26. The predicted molar refractivity (Wildman–Crippen MR) is 80.3 cm³/mol. The molecule has 2 aromatic carbocycles. The summed E-state index contributed by atoms with van der Waals surface area (Å²) in [6.45, 7) is 1.44. The maximum absolute atomic E-state index is 11.1. The highest BCUT2D eigenvalue weighted by atomic mass is 35.5. The van der Waals surface area contributed by atoms with Crippen LogP contribution in [0.3, 0.4) is 0 Å². The van der Waals surface area contributed by atoms with Crippen LogP contribution in [0.4, 0.5) is 0 Å². The molecule has 0 fully saturated rings. The molecule has 0 bridgehead atoms. The van der Waals surface area contributed by atoms with Crippen LogP contribution in [-0.2, 0) is 13.0 Å². The molecular formula is C16H16ClNO2. The van der Waals surface area contributed by atoms with Crippen molar-refractivity contribution in [3.05, 3.63) is 70.2 Å². The molecular weight excluding hydrogens is 274 g/mol. The second kappa shape index (κ2) is 7.08. The minimum atomic E-state index is -0.879. The van der Waals surface area contributed by atoms with Crippen LogP contribution in [-0.4, -0.2) is 17.6 Å². The molecule has 2 N–H and O–H groups in total. The average Bonchev–Trinajstić information content (AvgIpc) is 2.44. The Balaban J connectivity index is 1.86. The second-order valence-electron chi connectivity index (χ2n) is 4.52. The first-order chi connectivity index (χ1) is 9.66. The van der Waals surface area contributed by atoms with Crippen LogP contribution in [0.5, 0.6) is 0 Å². The monoisotopic (exact) mass is 289 g/mol. The molecule has 0 aliphatic carbocycles. The van der Waals surface area contributed by atoms with Gasteiger partial charge in [0.15, 0.2) is 0 Å². The Kier molecular flexibility index (Phi) is 5.16. The van der Waals surface area contributed by atoms with Gasteiger partial charge in [0, 0.05) is 11.6 Å². The molecule has 0 atom stereocenters. The van der Waals surface area contributed by atoms with Crippen molar-refractivity contribution in [1.82, 2.24) is 5.32 Å². The molecule has 0 saturated heterocycles. The number of nitrogens with one attached hydrogen (secondary N) is 1. The number of halogens is 1. The van der Waals surface area contributed by atoms with E-state index in [-0.39, 0.29) is 0 Å². The largest absolute Gasteiger partial charge is 0.478 e. The van der Waals surface area contributed by atoms with Gasteiger partial charge in [0.2, 0.25) is 0 Å². The minimum Gasteiger partial charge on any atom is -0.478 e. The smallest absolute Gasteiger partial charge is 0.335 e. The number of benzene rings is 2. The summed E-state index contributed by atoms with van der Waals surface area (Å²) in [6, 6.07) is 14.8. The molecule has 0 spiro atoms. The Labute approximate surface area is 123 Å². The molecule has 0 unspecified atom stereocenters. The molecule has 0 aromatic heterocycles. The van der Waals surface area contributed by atoms with Crippen LogP contribution in [0.2, 0.25) is 5.02 Å². The molecule has 3 nitrogen and oxygen atoms in total. The summed E-state index contributed by atoms with van der Waals surface area (Å²) in [5.41, 5.74) is 2.33. The summed E-state index contributed by atoms with van der Waals surface area (Å²) in [5.74, 6) is -0.879. The second-order valence-corrected chi connectivity index (χ2v) is 4.96. The Bertz CT molecular complexity index is 599. The third-order valence-corrected chi connectivity index (χ3v) is 3.27. The first kappa shape index (κ1) is 14.6. The van der Waals surface area contributed by atoms with E-state index in [2.05, 4.69) is 5.32 Å². The maximum atomic E-state index is 11.1.